The summed E-state index contributed by atoms with van der Waals surface area (Å²) in [5, 5.41) is 8.70. The van der Waals surface area contributed by atoms with Gasteiger partial charge in [-0.1, -0.05) is 0 Å². The molecule has 82 valence electrons. The number of nitrogens with zero attached hydrogens (tertiary/aromatic N) is 1. The molecule has 0 aliphatic carbocycles. The standard InChI is InChI=1S/C10H13NO4/c1-7(6-14-2)15-8-3-4-11-9(5-8)10(12)13/h3-5,7H,6H2,1-2H3,(H,12,13). The molecule has 1 aromatic rings. The Kier molecular flexibility index (Phi) is 4.05. The van der Waals surface area contributed by atoms with Gasteiger partial charge in [-0.3, -0.25) is 0 Å². The van der Waals surface area contributed by atoms with Crippen molar-refractivity contribution >= 4 is 5.97 Å². The van der Waals surface area contributed by atoms with Crippen molar-refractivity contribution in [3.8, 4) is 5.75 Å². The number of aromatic nitrogens is 1. The number of carboxylic acid groups (broad SMARTS) is 1. The first-order valence-corrected chi connectivity index (χ1v) is 4.48. The highest BCUT2D eigenvalue weighted by atomic mass is 16.5. The Hall–Kier alpha value is -1.62. The molecule has 0 aliphatic heterocycles. The van der Waals surface area contributed by atoms with E-state index in [-0.39, 0.29) is 11.8 Å². The highest BCUT2D eigenvalue weighted by Gasteiger charge is 2.08. The second-order valence-electron chi connectivity index (χ2n) is 3.07. The number of aromatic carboxylic acids is 1. The van der Waals surface area contributed by atoms with Crippen LogP contribution in [0.3, 0.4) is 0 Å². The van der Waals surface area contributed by atoms with Crippen molar-refractivity contribution < 1.29 is 19.4 Å². The molecule has 0 amide bonds. The van der Waals surface area contributed by atoms with Gasteiger partial charge in [-0.15, -0.1) is 0 Å². The van der Waals surface area contributed by atoms with Crippen LogP contribution in [0.1, 0.15) is 17.4 Å². The minimum Gasteiger partial charge on any atom is -0.488 e. The number of carbonyl (C=O) groups is 1. The van der Waals surface area contributed by atoms with Gasteiger partial charge in [0.2, 0.25) is 0 Å². The molecule has 0 fully saturated rings. The maximum Gasteiger partial charge on any atom is 0.354 e. The highest BCUT2D eigenvalue weighted by Crippen LogP contribution is 2.12. The topological polar surface area (TPSA) is 68.7 Å². The predicted octanol–water partition coefficient (Wildman–Crippen LogP) is 1.19. The average molecular weight is 211 g/mol. The molecule has 0 aromatic carbocycles. The maximum atomic E-state index is 10.6. The van der Waals surface area contributed by atoms with E-state index in [1.807, 2.05) is 6.92 Å². The Morgan fingerprint density at radius 1 is 1.67 bits per heavy atom. The fourth-order valence-electron chi connectivity index (χ4n) is 1.10. The van der Waals surface area contributed by atoms with Crippen LogP contribution in [0.25, 0.3) is 0 Å². The number of methoxy groups -OCH3 is 1. The van der Waals surface area contributed by atoms with E-state index >= 15 is 0 Å². The zero-order valence-electron chi connectivity index (χ0n) is 8.64. The normalized spacial score (nSPS) is 12.1. The Bertz CT molecular complexity index is 340. The first-order chi connectivity index (χ1) is 7.13. The molecule has 5 nitrogen and oxygen atoms in total. The maximum absolute atomic E-state index is 10.6. The first-order valence-electron chi connectivity index (χ1n) is 4.48. The molecule has 0 aliphatic rings. The monoisotopic (exact) mass is 211 g/mol. The lowest BCUT2D eigenvalue weighted by Gasteiger charge is -2.13. The quantitative estimate of drug-likeness (QED) is 0.792. The second kappa shape index (κ2) is 5.31. The molecule has 1 atom stereocenters. The number of pyridine rings is 1. The molecular formula is C10H13NO4. The summed E-state index contributed by atoms with van der Waals surface area (Å²) < 4.78 is 10.3. The third-order valence-corrected chi connectivity index (χ3v) is 1.69. The average Bonchev–Trinajstić information content (AvgIpc) is 2.18. The summed E-state index contributed by atoms with van der Waals surface area (Å²) in [7, 11) is 1.58. The van der Waals surface area contributed by atoms with Crippen molar-refractivity contribution in [3.05, 3.63) is 24.0 Å². The van der Waals surface area contributed by atoms with E-state index in [9.17, 15) is 4.79 Å². The first kappa shape index (κ1) is 11.5. The van der Waals surface area contributed by atoms with E-state index in [1.165, 1.54) is 12.3 Å². The minimum atomic E-state index is -1.07. The third-order valence-electron chi connectivity index (χ3n) is 1.69. The number of hydrogen-bond acceptors (Lipinski definition) is 4. The van der Waals surface area contributed by atoms with E-state index in [0.717, 1.165) is 0 Å². The van der Waals surface area contributed by atoms with Crippen molar-refractivity contribution in [3.63, 3.8) is 0 Å². The van der Waals surface area contributed by atoms with Crippen LogP contribution in [0.2, 0.25) is 0 Å². The Morgan fingerprint density at radius 3 is 3.00 bits per heavy atom. The molecule has 5 heteroatoms. The molecule has 1 rings (SSSR count). The summed E-state index contributed by atoms with van der Waals surface area (Å²) >= 11 is 0. The molecule has 0 spiro atoms. The van der Waals surface area contributed by atoms with Crippen LogP contribution in [0.5, 0.6) is 5.75 Å². The van der Waals surface area contributed by atoms with E-state index < -0.39 is 5.97 Å². The fourth-order valence-corrected chi connectivity index (χ4v) is 1.10. The van der Waals surface area contributed by atoms with Crippen LogP contribution in [0.15, 0.2) is 18.3 Å². The van der Waals surface area contributed by atoms with Crippen LogP contribution in [-0.2, 0) is 4.74 Å². The van der Waals surface area contributed by atoms with E-state index in [2.05, 4.69) is 4.98 Å². The van der Waals surface area contributed by atoms with Crippen LogP contribution >= 0.6 is 0 Å². The van der Waals surface area contributed by atoms with Gasteiger partial charge in [-0.25, -0.2) is 9.78 Å². The second-order valence-corrected chi connectivity index (χ2v) is 3.07. The van der Waals surface area contributed by atoms with Crippen LogP contribution < -0.4 is 4.74 Å². The molecule has 0 bridgehead atoms. The van der Waals surface area contributed by atoms with Gasteiger partial charge in [0.05, 0.1) is 6.61 Å². The molecule has 15 heavy (non-hydrogen) atoms. The lowest BCUT2D eigenvalue weighted by atomic mass is 10.3. The van der Waals surface area contributed by atoms with Gasteiger partial charge in [-0.05, 0) is 13.0 Å². The molecule has 1 unspecified atom stereocenters. The van der Waals surface area contributed by atoms with Gasteiger partial charge in [0.15, 0.2) is 5.69 Å². The summed E-state index contributed by atoms with van der Waals surface area (Å²) in [6.45, 7) is 2.29. The molecule has 1 aromatic heterocycles. The summed E-state index contributed by atoms with van der Waals surface area (Å²) in [6, 6.07) is 2.99. The number of hydrogen-bond donors (Lipinski definition) is 1. The van der Waals surface area contributed by atoms with Gasteiger partial charge in [0, 0.05) is 19.4 Å². The largest absolute Gasteiger partial charge is 0.488 e. The van der Waals surface area contributed by atoms with Gasteiger partial charge in [0.25, 0.3) is 0 Å². The Morgan fingerprint density at radius 2 is 2.40 bits per heavy atom. The molecule has 0 radical (unpaired) electrons. The van der Waals surface area contributed by atoms with Crippen molar-refractivity contribution in [2.24, 2.45) is 0 Å². The van der Waals surface area contributed by atoms with E-state index in [1.54, 1.807) is 13.2 Å². The van der Waals surface area contributed by atoms with Crippen LogP contribution in [0.4, 0.5) is 0 Å². The molecule has 1 N–H and O–H groups in total. The van der Waals surface area contributed by atoms with Crippen LogP contribution in [-0.4, -0.2) is 35.9 Å². The number of rotatable bonds is 5. The molecule has 0 saturated heterocycles. The Balaban J connectivity index is 2.69. The van der Waals surface area contributed by atoms with Crippen molar-refractivity contribution in [2.75, 3.05) is 13.7 Å². The number of ether oxygens (including phenoxy) is 2. The summed E-state index contributed by atoms with van der Waals surface area (Å²) in [5.74, 6) is -0.591. The van der Waals surface area contributed by atoms with Crippen molar-refractivity contribution in [2.45, 2.75) is 13.0 Å². The van der Waals surface area contributed by atoms with Gasteiger partial charge in [0.1, 0.15) is 11.9 Å². The highest BCUT2D eigenvalue weighted by molar-refractivity contribution is 5.85. The molecule has 1 heterocycles. The van der Waals surface area contributed by atoms with Gasteiger partial charge < -0.3 is 14.6 Å². The Labute approximate surface area is 87.7 Å². The van der Waals surface area contributed by atoms with E-state index in [0.29, 0.717) is 12.4 Å². The summed E-state index contributed by atoms with van der Waals surface area (Å²) in [5.41, 5.74) is -0.0304. The SMILES string of the molecule is COCC(C)Oc1ccnc(C(=O)O)c1. The number of carboxylic acids is 1. The van der Waals surface area contributed by atoms with E-state index in [4.69, 9.17) is 14.6 Å². The zero-order valence-corrected chi connectivity index (χ0v) is 8.64. The fraction of sp³-hybridized carbons (Fsp3) is 0.400. The molecular weight excluding hydrogens is 198 g/mol. The van der Waals surface area contributed by atoms with Gasteiger partial charge in [-0.2, -0.15) is 0 Å². The lowest BCUT2D eigenvalue weighted by molar-refractivity contribution is 0.0687. The van der Waals surface area contributed by atoms with Gasteiger partial charge >= 0.3 is 5.97 Å². The third kappa shape index (κ3) is 3.55. The van der Waals surface area contributed by atoms with Crippen molar-refractivity contribution in [1.82, 2.24) is 4.98 Å². The van der Waals surface area contributed by atoms with Crippen molar-refractivity contribution in [1.29, 1.82) is 0 Å². The lowest BCUT2D eigenvalue weighted by Crippen LogP contribution is -2.18. The zero-order chi connectivity index (χ0) is 11.3. The van der Waals surface area contributed by atoms with Crippen LogP contribution in [0, 0.1) is 0 Å². The molecule has 0 saturated carbocycles. The summed E-state index contributed by atoms with van der Waals surface area (Å²) in [6.07, 6.45) is 1.28. The predicted molar refractivity (Wildman–Crippen MR) is 53.2 cm³/mol. The minimum absolute atomic E-state index is 0.0304. The summed E-state index contributed by atoms with van der Waals surface area (Å²) in [4.78, 5) is 14.3. The smallest absolute Gasteiger partial charge is 0.354 e.